The van der Waals surface area contributed by atoms with Crippen molar-refractivity contribution >= 4 is 18.0 Å². The van der Waals surface area contributed by atoms with Gasteiger partial charge in [0.25, 0.3) is 0 Å². The van der Waals surface area contributed by atoms with E-state index in [-0.39, 0.29) is 23.6 Å². The molecule has 0 aromatic rings. The van der Waals surface area contributed by atoms with Crippen LogP contribution in [0.15, 0.2) is 0 Å². The molecule has 1 aliphatic carbocycles. The third kappa shape index (κ3) is 5.53. The number of rotatable bonds is 9. The number of hydrogen-bond acceptors (Lipinski definition) is 4. The lowest BCUT2D eigenvalue weighted by Crippen LogP contribution is -2.15. The first kappa shape index (κ1) is 15.9. The molecule has 1 aliphatic rings. The number of carbonyl (C=O) groups is 3. The van der Waals surface area contributed by atoms with Crippen LogP contribution in [0.25, 0.3) is 0 Å². The van der Waals surface area contributed by atoms with E-state index < -0.39 is 0 Å². The third-order valence-corrected chi connectivity index (χ3v) is 3.78. The lowest BCUT2D eigenvalue weighted by Gasteiger charge is -2.12. The lowest BCUT2D eigenvalue weighted by atomic mass is 9.91. The van der Waals surface area contributed by atoms with Gasteiger partial charge in [-0.2, -0.15) is 0 Å². The molecule has 1 saturated carbocycles. The van der Waals surface area contributed by atoms with Gasteiger partial charge in [0.1, 0.15) is 12.1 Å². The summed E-state index contributed by atoms with van der Waals surface area (Å²) in [5.41, 5.74) is 0. The second-order valence-corrected chi connectivity index (χ2v) is 5.17. The summed E-state index contributed by atoms with van der Waals surface area (Å²) in [5, 5.41) is 0. The Hall–Kier alpha value is -1.19. The van der Waals surface area contributed by atoms with Gasteiger partial charge in [-0.25, -0.2) is 0 Å². The van der Waals surface area contributed by atoms with Gasteiger partial charge >= 0.3 is 5.97 Å². The molecule has 0 radical (unpaired) electrons. The molecule has 0 aliphatic heterocycles. The van der Waals surface area contributed by atoms with Crippen LogP contribution in [0.1, 0.15) is 58.3 Å². The van der Waals surface area contributed by atoms with Crippen LogP contribution < -0.4 is 0 Å². The summed E-state index contributed by atoms with van der Waals surface area (Å²) in [6.45, 7) is 2.25. The summed E-state index contributed by atoms with van der Waals surface area (Å²) < 4.78 is 4.85. The van der Waals surface area contributed by atoms with Crippen LogP contribution in [0.5, 0.6) is 0 Å². The topological polar surface area (TPSA) is 60.4 Å². The maximum Gasteiger partial charge on any atom is 0.305 e. The van der Waals surface area contributed by atoms with E-state index in [1.54, 1.807) is 6.92 Å². The minimum Gasteiger partial charge on any atom is -0.466 e. The van der Waals surface area contributed by atoms with Gasteiger partial charge in [-0.3, -0.25) is 9.59 Å². The maximum atomic E-state index is 11.6. The molecule has 0 amide bonds. The maximum absolute atomic E-state index is 11.6. The van der Waals surface area contributed by atoms with E-state index >= 15 is 0 Å². The minimum absolute atomic E-state index is 0.0393. The quantitative estimate of drug-likeness (QED) is 0.366. The molecule has 0 aromatic carbocycles. The largest absolute Gasteiger partial charge is 0.466 e. The predicted molar refractivity (Wildman–Crippen MR) is 71.6 cm³/mol. The molecule has 1 rings (SSSR count). The molecule has 0 bridgehead atoms. The SMILES string of the molecule is CCOC(=O)CCCCCCC1C(=O)CCC1C=O. The zero-order valence-electron chi connectivity index (χ0n) is 11.7. The van der Waals surface area contributed by atoms with E-state index in [9.17, 15) is 14.4 Å². The van der Waals surface area contributed by atoms with Crippen molar-refractivity contribution in [1.29, 1.82) is 0 Å². The predicted octanol–water partition coefficient (Wildman–Crippen LogP) is 2.68. The number of carbonyl (C=O) groups excluding carboxylic acids is 3. The van der Waals surface area contributed by atoms with Crippen LogP contribution >= 0.6 is 0 Å². The Balaban J connectivity index is 2.06. The minimum atomic E-state index is -0.130. The van der Waals surface area contributed by atoms with Gasteiger partial charge in [0.05, 0.1) is 6.61 Å². The van der Waals surface area contributed by atoms with E-state index in [4.69, 9.17) is 4.74 Å². The van der Waals surface area contributed by atoms with Gasteiger partial charge in [0.15, 0.2) is 0 Å². The number of unbranched alkanes of at least 4 members (excludes halogenated alkanes) is 3. The number of Topliss-reactive ketones (excluding diaryl/α,β-unsaturated/α-hetero) is 1. The molecular weight excluding hydrogens is 244 g/mol. The molecule has 4 heteroatoms. The molecule has 0 spiro atoms. The summed E-state index contributed by atoms with van der Waals surface area (Å²) >= 11 is 0. The van der Waals surface area contributed by atoms with E-state index in [0.717, 1.165) is 44.8 Å². The Labute approximate surface area is 114 Å². The highest BCUT2D eigenvalue weighted by Gasteiger charge is 2.33. The van der Waals surface area contributed by atoms with Crippen molar-refractivity contribution in [2.24, 2.45) is 11.8 Å². The van der Waals surface area contributed by atoms with Gasteiger partial charge in [0, 0.05) is 24.7 Å². The monoisotopic (exact) mass is 268 g/mol. The molecule has 2 unspecified atom stereocenters. The second-order valence-electron chi connectivity index (χ2n) is 5.17. The summed E-state index contributed by atoms with van der Waals surface area (Å²) in [5.74, 6) is 0.0349. The van der Waals surface area contributed by atoms with Gasteiger partial charge in [-0.05, 0) is 26.2 Å². The van der Waals surface area contributed by atoms with Crippen molar-refractivity contribution < 1.29 is 19.1 Å². The highest BCUT2D eigenvalue weighted by Crippen LogP contribution is 2.31. The van der Waals surface area contributed by atoms with Gasteiger partial charge in [-0.15, -0.1) is 0 Å². The van der Waals surface area contributed by atoms with Crippen LogP contribution in [0.2, 0.25) is 0 Å². The first-order chi connectivity index (χ1) is 9.19. The summed E-state index contributed by atoms with van der Waals surface area (Å²) in [4.78, 5) is 33.5. The fourth-order valence-corrected chi connectivity index (χ4v) is 2.69. The molecule has 0 saturated heterocycles. The van der Waals surface area contributed by atoms with Crippen LogP contribution in [-0.2, 0) is 19.1 Å². The molecule has 0 N–H and O–H groups in total. The fourth-order valence-electron chi connectivity index (χ4n) is 2.69. The third-order valence-electron chi connectivity index (χ3n) is 3.78. The number of esters is 1. The van der Waals surface area contributed by atoms with Crippen LogP contribution in [-0.4, -0.2) is 24.6 Å². The van der Waals surface area contributed by atoms with E-state index in [1.165, 1.54) is 0 Å². The highest BCUT2D eigenvalue weighted by atomic mass is 16.5. The fraction of sp³-hybridized carbons (Fsp3) is 0.800. The molecule has 19 heavy (non-hydrogen) atoms. The van der Waals surface area contributed by atoms with E-state index in [2.05, 4.69) is 0 Å². The Bertz CT molecular complexity index is 311. The lowest BCUT2D eigenvalue weighted by molar-refractivity contribution is -0.143. The van der Waals surface area contributed by atoms with Crippen molar-refractivity contribution in [2.45, 2.75) is 58.3 Å². The van der Waals surface area contributed by atoms with Crippen LogP contribution in [0.4, 0.5) is 0 Å². The van der Waals surface area contributed by atoms with Crippen LogP contribution in [0.3, 0.4) is 0 Å². The summed E-state index contributed by atoms with van der Waals surface area (Å²) in [7, 11) is 0. The normalized spacial score (nSPS) is 22.5. The molecule has 4 nitrogen and oxygen atoms in total. The van der Waals surface area contributed by atoms with E-state index in [1.807, 2.05) is 0 Å². The Morgan fingerprint density at radius 3 is 2.74 bits per heavy atom. The Morgan fingerprint density at radius 1 is 1.32 bits per heavy atom. The number of aldehydes is 1. The number of hydrogen-bond donors (Lipinski definition) is 0. The molecule has 0 heterocycles. The molecule has 1 fully saturated rings. The van der Waals surface area contributed by atoms with Crippen molar-refractivity contribution in [1.82, 2.24) is 0 Å². The first-order valence-electron chi connectivity index (χ1n) is 7.32. The molecular formula is C15H24O4. The van der Waals surface area contributed by atoms with Crippen molar-refractivity contribution in [3.63, 3.8) is 0 Å². The molecule has 108 valence electrons. The van der Waals surface area contributed by atoms with Crippen molar-refractivity contribution in [2.75, 3.05) is 6.61 Å². The average Bonchev–Trinajstić information content (AvgIpc) is 2.75. The zero-order valence-corrected chi connectivity index (χ0v) is 11.7. The molecule has 0 aromatic heterocycles. The number of ketones is 1. The summed E-state index contributed by atoms with van der Waals surface area (Å²) in [6.07, 6.45) is 7.33. The van der Waals surface area contributed by atoms with Crippen molar-refractivity contribution in [3.8, 4) is 0 Å². The van der Waals surface area contributed by atoms with Gasteiger partial charge in [-0.1, -0.05) is 19.3 Å². The average molecular weight is 268 g/mol. The molecule has 2 atom stereocenters. The van der Waals surface area contributed by atoms with Gasteiger partial charge in [0.2, 0.25) is 0 Å². The van der Waals surface area contributed by atoms with Crippen LogP contribution in [0, 0.1) is 11.8 Å². The standard InChI is InChI=1S/C15H24O4/c1-2-19-15(18)8-6-4-3-5-7-13-12(11-16)9-10-14(13)17/h11-13H,2-10H2,1H3. The highest BCUT2D eigenvalue weighted by molar-refractivity contribution is 5.86. The number of ether oxygens (including phenoxy) is 1. The Morgan fingerprint density at radius 2 is 2.05 bits per heavy atom. The van der Waals surface area contributed by atoms with Crippen molar-refractivity contribution in [3.05, 3.63) is 0 Å². The first-order valence-corrected chi connectivity index (χ1v) is 7.32. The summed E-state index contributed by atoms with van der Waals surface area (Å²) in [6, 6.07) is 0. The van der Waals surface area contributed by atoms with Gasteiger partial charge < -0.3 is 9.53 Å². The Kier molecular flexibility index (Phi) is 7.38. The zero-order chi connectivity index (χ0) is 14.1. The van der Waals surface area contributed by atoms with E-state index in [0.29, 0.717) is 19.4 Å². The smallest absolute Gasteiger partial charge is 0.305 e. The second kappa shape index (κ2) is 8.83.